The molecule has 0 radical (unpaired) electrons. The Morgan fingerprint density at radius 1 is 1.08 bits per heavy atom. The van der Waals surface area contributed by atoms with E-state index in [2.05, 4.69) is 27.8 Å². The largest absolute Gasteiger partial charge is 0.493 e. The maximum absolute atomic E-state index is 13.6. The van der Waals surface area contributed by atoms with Crippen molar-refractivity contribution in [3.05, 3.63) is 95.5 Å². The third kappa shape index (κ3) is 5.14. The maximum atomic E-state index is 13.6. The lowest BCUT2D eigenvalue weighted by atomic mass is 9.94. The van der Waals surface area contributed by atoms with Crippen LogP contribution in [0.3, 0.4) is 0 Å². The van der Waals surface area contributed by atoms with Gasteiger partial charge >= 0.3 is 0 Å². The van der Waals surface area contributed by atoms with Crippen molar-refractivity contribution in [1.29, 1.82) is 0 Å². The molecule has 5 rings (SSSR count). The first kappa shape index (κ1) is 24.4. The Kier molecular flexibility index (Phi) is 7.09. The summed E-state index contributed by atoms with van der Waals surface area (Å²) >= 11 is 1.54. The van der Waals surface area contributed by atoms with Crippen LogP contribution in [0.5, 0.6) is 11.5 Å². The van der Waals surface area contributed by atoms with E-state index < -0.39 is 6.04 Å². The molecule has 0 bridgehead atoms. The van der Waals surface area contributed by atoms with Gasteiger partial charge in [-0.05, 0) is 42.3 Å². The Morgan fingerprint density at radius 3 is 2.62 bits per heavy atom. The lowest BCUT2D eigenvalue weighted by molar-refractivity contribution is -0.113. The van der Waals surface area contributed by atoms with Gasteiger partial charge in [0, 0.05) is 17.6 Å². The van der Waals surface area contributed by atoms with E-state index in [1.165, 1.54) is 17.3 Å². The molecule has 9 nitrogen and oxygen atoms in total. The molecule has 0 aliphatic carbocycles. The molecule has 1 amide bonds. The topological polar surface area (TPSA) is 103 Å². The molecule has 2 aromatic heterocycles. The number of hydrogen-bond donors (Lipinski definition) is 2. The number of hydrogen-bond acceptors (Lipinski definition) is 8. The molecule has 4 aromatic rings. The molecule has 0 saturated heterocycles. The number of aromatic nitrogens is 4. The number of thioether (sulfide) groups is 1. The molecule has 2 N–H and O–H groups in total. The van der Waals surface area contributed by atoms with Crippen LogP contribution in [0.15, 0.2) is 89.5 Å². The van der Waals surface area contributed by atoms with E-state index in [0.717, 1.165) is 11.3 Å². The normalized spacial score (nSPS) is 14.5. The zero-order valence-corrected chi connectivity index (χ0v) is 21.5. The van der Waals surface area contributed by atoms with Gasteiger partial charge in [0.25, 0.3) is 5.91 Å². The van der Waals surface area contributed by atoms with Gasteiger partial charge in [0.2, 0.25) is 11.1 Å². The Balaban J connectivity index is 1.54. The highest BCUT2D eigenvalue weighted by Crippen LogP contribution is 2.40. The molecule has 0 unspecified atom stereocenters. The van der Waals surface area contributed by atoms with Gasteiger partial charge in [-0.2, -0.15) is 4.98 Å². The number of rotatable bonds is 8. The number of anilines is 2. The molecule has 0 saturated carbocycles. The highest BCUT2D eigenvalue weighted by atomic mass is 32.2. The number of nitrogens with zero attached hydrogens (tertiary/aromatic N) is 4. The number of carbonyl (C=O) groups excluding carboxylic acids is 1. The fraction of sp³-hybridized carbons (Fsp3) is 0.185. The van der Waals surface area contributed by atoms with Gasteiger partial charge in [-0.1, -0.05) is 48.2 Å². The first-order valence-electron chi connectivity index (χ1n) is 11.6. The summed E-state index contributed by atoms with van der Waals surface area (Å²) in [6.45, 7) is 1.86. The van der Waals surface area contributed by atoms with E-state index in [1.54, 1.807) is 43.4 Å². The van der Waals surface area contributed by atoms with Crippen LogP contribution in [-0.2, 0) is 10.5 Å². The first-order valence-corrected chi connectivity index (χ1v) is 12.6. The smallest absolute Gasteiger partial charge is 0.255 e. The minimum Gasteiger partial charge on any atom is -0.493 e. The van der Waals surface area contributed by atoms with Crippen LogP contribution in [0, 0.1) is 0 Å². The summed E-state index contributed by atoms with van der Waals surface area (Å²) in [5.74, 6) is 2.18. The zero-order valence-electron chi connectivity index (χ0n) is 20.6. The van der Waals surface area contributed by atoms with Crippen LogP contribution in [0.1, 0.15) is 24.1 Å². The third-order valence-corrected chi connectivity index (χ3v) is 6.84. The van der Waals surface area contributed by atoms with E-state index in [9.17, 15) is 4.79 Å². The number of nitrogens with one attached hydrogen (secondary N) is 2. The van der Waals surface area contributed by atoms with Crippen molar-refractivity contribution in [3.8, 4) is 11.5 Å². The molecule has 3 heterocycles. The molecule has 0 spiro atoms. The van der Waals surface area contributed by atoms with Gasteiger partial charge in [-0.15, -0.1) is 5.10 Å². The van der Waals surface area contributed by atoms with Crippen LogP contribution in [-0.4, -0.2) is 39.9 Å². The van der Waals surface area contributed by atoms with E-state index in [-0.39, 0.29) is 5.91 Å². The number of carbonyl (C=O) groups is 1. The van der Waals surface area contributed by atoms with Crippen molar-refractivity contribution >= 4 is 29.3 Å². The molecular weight excluding hydrogens is 488 g/mol. The van der Waals surface area contributed by atoms with Gasteiger partial charge in [0.15, 0.2) is 11.5 Å². The fourth-order valence-electron chi connectivity index (χ4n) is 4.17. The number of ether oxygens (including phenoxy) is 2. The minimum atomic E-state index is -0.550. The van der Waals surface area contributed by atoms with Crippen molar-refractivity contribution in [2.24, 2.45) is 0 Å². The summed E-state index contributed by atoms with van der Waals surface area (Å²) in [6, 6.07) is 18.8. The highest BCUT2D eigenvalue weighted by Gasteiger charge is 2.35. The van der Waals surface area contributed by atoms with E-state index >= 15 is 0 Å². The average molecular weight is 515 g/mol. The molecule has 1 atom stereocenters. The van der Waals surface area contributed by atoms with Gasteiger partial charge in [-0.3, -0.25) is 9.78 Å². The number of amides is 1. The van der Waals surface area contributed by atoms with Crippen molar-refractivity contribution in [1.82, 2.24) is 19.7 Å². The summed E-state index contributed by atoms with van der Waals surface area (Å²) in [4.78, 5) is 22.4. The zero-order chi connectivity index (χ0) is 25.8. The van der Waals surface area contributed by atoms with Crippen molar-refractivity contribution in [2.45, 2.75) is 23.9 Å². The lowest BCUT2D eigenvalue weighted by Gasteiger charge is -2.29. The fourth-order valence-corrected chi connectivity index (χ4v) is 4.96. The number of fused-ring (bicyclic) bond motifs is 1. The third-order valence-electron chi connectivity index (χ3n) is 5.93. The van der Waals surface area contributed by atoms with Gasteiger partial charge in [0.05, 0.1) is 31.7 Å². The predicted octanol–water partition coefficient (Wildman–Crippen LogP) is 4.91. The summed E-state index contributed by atoms with van der Waals surface area (Å²) in [5.41, 5.74) is 3.77. The van der Waals surface area contributed by atoms with Crippen molar-refractivity contribution < 1.29 is 14.3 Å². The standard InChI is InChI=1S/C27H26N6O3S/c1-17-23(25(34)30-20-10-7-13-28-15-20)24(19-11-12-21(35-2)22(14-19)36-3)33-26(29-17)31-27(32-33)37-16-18-8-5-4-6-9-18/h4-15,24H,16H2,1-3H3,(H,30,34)(H,29,31,32)/t24-/m0/s1. The second-order valence-corrected chi connectivity index (χ2v) is 9.26. The predicted molar refractivity (Wildman–Crippen MR) is 143 cm³/mol. The number of benzene rings is 2. The van der Waals surface area contributed by atoms with Crippen LogP contribution in [0.2, 0.25) is 0 Å². The van der Waals surface area contributed by atoms with E-state index in [1.807, 2.05) is 43.3 Å². The molecule has 1 aliphatic heterocycles. The SMILES string of the molecule is COc1ccc([C@H]2C(C(=O)Nc3cccnc3)=C(C)Nc3nc(SCc4ccccc4)nn32)cc1OC. The van der Waals surface area contributed by atoms with Gasteiger partial charge in [0.1, 0.15) is 6.04 Å². The molecule has 0 fully saturated rings. The van der Waals surface area contributed by atoms with Gasteiger partial charge in [-0.25, -0.2) is 4.68 Å². The van der Waals surface area contributed by atoms with Crippen molar-refractivity contribution in [3.63, 3.8) is 0 Å². The molecule has 37 heavy (non-hydrogen) atoms. The summed E-state index contributed by atoms with van der Waals surface area (Å²) in [6.07, 6.45) is 3.26. The quantitative estimate of drug-likeness (QED) is 0.320. The van der Waals surface area contributed by atoms with Gasteiger partial charge < -0.3 is 20.1 Å². The minimum absolute atomic E-state index is 0.266. The van der Waals surface area contributed by atoms with E-state index in [0.29, 0.717) is 39.6 Å². The summed E-state index contributed by atoms with van der Waals surface area (Å²) in [5, 5.41) is 11.6. The molecule has 188 valence electrons. The highest BCUT2D eigenvalue weighted by molar-refractivity contribution is 7.98. The Hall–Kier alpha value is -4.31. The number of methoxy groups -OCH3 is 2. The lowest BCUT2D eigenvalue weighted by Crippen LogP contribution is -2.31. The maximum Gasteiger partial charge on any atom is 0.255 e. The second-order valence-electron chi connectivity index (χ2n) is 8.31. The van der Waals surface area contributed by atoms with Crippen LogP contribution in [0.4, 0.5) is 11.6 Å². The number of pyridine rings is 1. The Labute approximate surface area is 218 Å². The monoisotopic (exact) mass is 514 g/mol. The summed E-state index contributed by atoms with van der Waals surface area (Å²) in [7, 11) is 3.17. The first-order chi connectivity index (χ1) is 18.1. The van der Waals surface area contributed by atoms with E-state index in [4.69, 9.17) is 19.6 Å². The van der Waals surface area contributed by atoms with Crippen molar-refractivity contribution in [2.75, 3.05) is 24.9 Å². The molecule has 1 aliphatic rings. The summed E-state index contributed by atoms with van der Waals surface area (Å²) < 4.78 is 12.7. The molecule has 2 aromatic carbocycles. The molecule has 10 heteroatoms. The Morgan fingerprint density at radius 2 is 1.89 bits per heavy atom. The van der Waals surface area contributed by atoms with Crippen LogP contribution >= 0.6 is 11.8 Å². The Bertz CT molecular complexity index is 1440. The average Bonchev–Trinajstić information content (AvgIpc) is 3.34. The van der Waals surface area contributed by atoms with Crippen LogP contribution < -0.4 is 20.1 Å². The number of allylic oxidation sites excluding steroid dienone is 1. The molecular formula is C27H26N6O3S. The second kappa shape index (κ2) is 10.8. The van der Waals surface area contributed by atoms with Crippen LogP contribution in [0.25, 0.3) is 0 Å².